The summed E-state index contributed by atoms with van der Waals surface area (Å²) in [6.45, 7) is 1.66. The highest BCUT2D eigenvalue weighted by molar-refractivity contribution is 5.90. The molecule has 2 rings (SSSR count). The first-order valence-electron chi connectivity index (χ1n) is 5.94. The van der Waals surface area contributed by atoms with Gasteiger partial charge in [-0.15, -0.1) is 0 Å². The van der Waals surface area contributed by atoms with E-state index in [1.165, 1.54) is 30.3 Å². The van der Waals surface area contributed by atoms with E-state index in [9.17, 15) is 13.6 Å². The first-order valence-corrected chi connectivity index (χ1v) is 5.94. The molecule has 3 nitrogen and oxygen atoms in total. The van der Waals surface area contributed by atoms with E-state index in [4.69, 9.17) is 10.5 Å². The lowest BCUT2D eigenvalue weighted by Gasteiger charge is -2.08. The Kier molecular flexibility index (Phi) is 3.98. The van der Waals surface area contributed by atoms with E-state index >= 15 is 0 Å². The fourth-order valence-electron chi connectivity index (χ4n) is 1.74. The standard InChI is InChI=1S/C15H13F2NO2/c1-9-6-11(16)3-2-10(9)8-20-15(19)13-5-4-12(18)7-14(13)17/h2-7H,8,18H2,1H3. The van der Waals surface area contributed by atoms with Gasteiger partial charge in [0.2, 0.25) is 0 Å². The number of hydrogen-bond donors (Lipinski definition) is 1. The van der Waals surface area contributed by atoms with E-state index in [-0.39, 0.29) is 23.7 Å². The molecule has 0 radical (unpaired) electrons. The fraction of sp³-hybridized carbons (Fsp3) is 0.133. The van der Waals surface area contributed by atoms with Gasteiger partial charge in [0, 0.05) is 5.69 Å². The first kappa shape index (κ1) is 14.0. The number of rotatable bonds is 3. The van der Waals surface area contributed by atoms with E-state index in [1.807, 2.05) is 0 Å². The molecule has 0 saturated heterocycles. The van der Waals surface area contributed by atoms with Crippen LogP contribution in [0, 0.1) is 18.6 Å². The Morgan fingerprint density at radius 2 is 1.95 bits per heavy atom. The van der Waals surface area contributed by atoms with Gasteiger partial charge >= 0.3 is 5.97 Å². The zero-order valence-electron chi connectivity index (χ0n) is 10.8. The third kappa shape index (κ3) is 3.12. The molecule has 0 amide bonds. The number of hydrogen-bond acceptors (Lipinski definition) is 3. The van der Waals surface area contributed by atoms with E-state index in [1.54, 1.807) is 6.92 Å². The lowest BCUT2D eigenvalue weighted by Crippen LogP contribution is -2.08. The van der Waals surface area contributed by atoms with Gasteiger partial charge in [-0.3, -0.25) is 0 Å². The summed E-state index contributed by atoms with van der Waals surface area (Å²) >= 11 is 0. The van der Waals surface area contributed by atoms with E-state index in [0.29, 0.717) is 11.1 Å². The largest absolute Gasteiger partial charge is 0.457 e. The van der Waals surface area contributed by atoms with Gasteiger partial charge in [0.15, 0.2) is 0 Å². The van der Waals surface area contributed by atoms with Crippen LogP contribution in [0.25, 0.3) is 0 Å². The number of nitrogens with two attached hydrogens (primary N) is 1. The molecule has 5 heteroatoms. The number of ether oxygens (including phenoxy) is 1. The average Bonchev–Trinajstić information content (AvgIpc) is 2.37. The molecular formula is C15H13F2NO2. The van der Waals surface area contributed by atoms with Crippen molar-refractivity contribution in [1.29, 1.82) is 0 Å². The van der Waals surface area contributed by atoms with Gasteiger partial charge in [-0.1, -0.05) is 6.07 Å². The van der Waals surface area contributed by atoms with Crippen LogP contribution < -0.4 is 5.73 Å². The maximum absolute atomic E-state index is 13.5. The highest BCUT2D eigenvalue weighted by Gasteiger charge is 2.14. The Labute approximate surface area is 115 Å². The second-order valence-electron chi connectivity index (χ2n) is 4.39. The van der Waals surface area contributed by atoms with Crippen LogP contribution in [0.3, 0.4) is 0 Å². The number of esters is 1. The Balaban J connectivity index is 2.08. The minimum Gasteiger partial charge on any atom is -0.457 e. The van der Waals surface area contributed by atoms with E-state index in [2.05, 4.69) is 0 Å². The molecule has 2 aromatic carbocycles. The van der Waals surface area contributed by atoms with Crippen molar-refractivity contribution in [3.63, 3.8) is 0 Å². The minimum atomic E-state index is -0.786. The van der Waals surface area contributed by atoms with Crippen LogP contribution in [-0.4, -0.2) is 5.97 Å². The first-order chi connectivity index (χ1) is 9.47. The van der Waals surface area contributed by atoms with Gasteiger partial charge in [-0.25, -0.2) is 13.6 Å². The van der Waals surface area contributed by atoms with Crippen LogP contribution >= 0.6 is 0 Å². The number of benzene rings is 2. The van der Waals surface area contributed by atoms with Crippen LogP contribution in [0.15, 0.2) is 36.4 Å². The smallest absolute Gasteiger partial charge is 0.341 e. The highest BCUT2D eigenvalue weighted by atomic mass is 19.1. The van der Waals surface area contributed by atoms with E-state index in [0.717, 1.165) is 6.07 Å². The van der Waals surface area contributed by atoms with Crippen molar-refractivity contribution in [2.75, 3.05) is 5.73 Å². The Morgan fingerprint density at radius 1 is 1.20 bits per heavy atom. The quantitative estimate of drug-likeness (QED) is 0.692. The fourth-order valence-corrected chi connectivity index (χ4v) is 1.74. The number of nitrogen functional groups attached to an aromatic ring is 1. The minimum absolute atomic E-state index is 0.0469. The third-order valence-corrected chi connectivity index (χ3v) is 2.88. The summed E-state index contributed by atoms with van der Waals surface area (Å²) in [5.41, 5.74) is 6.77. The molecule has 0 atom stereocenters. The third-order valence-electron chi connectivity index (χ3n) is 2.88. The molecule has 0 saturated carbocycles. The average molecular weight is 277 g/mol. The van der Waals surface area contributed by atoms with Crippen molar-refractivity contribution >= 4 is 11.7 Å². The zero-order valence-corrected chi connectivity index (χ0v) is 10.8. The summed E-state index contributed by atoms with van der Waals surface area (Å²) in [5, 5.41) is 0. The van der Waals surface area contributed by atoms with Gasteiger partial charge in [-0.05, 0) is 48.4 Å². The normalized spacial score (nSPS) is 10.3. The summed E-state index contributed by atoms with van der Waals surface area (Å²) < 4.78 is 31.5. The molecule has 2 aromatic rings. The van der Waals surface area contributed by atoms with Crippen molar-refractivity contribution in [2.24, 2.45) is 0 Å². The Hall–Kier alpha value is -2.43. The van der Waals surface area contributed by atoms with Crippen LogP contribution in [0.4, 0.5) is 14.5 Å². The molecule has 0 bridgehead atoms. The maximum Gasteiger partial charge on any atom is 0.341 e. The monoisotopic (exact) mass is 277 g/mol. The number of carbonyl (C=O) groups is 1. The predicted octanol–water partition coefficient (Wildman–Crippen LogP) is 3.21. The van der Waals surface area contributed by atoms with Crippen LogP contribution in [-0.2, 0) is 11.3 Å². The Bertz CT molecular complexity index is 656. The van der Waals surface area contributed by atoms with Gasteiger partial charge in [-0.2, -0.15) is 0 Å². The molecule has 104 valence electrons. The van der Waals surface area contributed by atoms with Crippen molar-refractivity contribution in [1.82, 2.24) is 0 Å². The Morgan fingerprint density at radius 3 is 2.60 bits per heavy atom. The van der Waals surface area contributed by atoms with Crippen molar-refractivity contribution in [3.8, 4) is 0 Å². The predicted molar refractivity (Wildman–Crippen MR) is 71.1 cm³/mol. The summed E-state index contributed by atoms with van der Waals surface area (Å²) in [7, 11) is 0. The molecular weight excluding hydrogens is 264 g/mol. The van der Waals surface area contributed by atoms with Gasteiger partial charge in [0.1, 0.15) is 18.2 Å². The molecule has 0 spiro atoms. The molecule has 0 aromatic heterocycles. The van der Waals surface area contributed by atoms with Crippen LogP contribution in [0.2, 0.25) is 0 Å². The van der Waals surface area contributed by atoms with Gasteiger partial charge < -0.3 is 10.5 Å². The number of carbonyl (C=O) groups excluding carboxylic acids is 1. The highest BCUT2D eigenvalue weighted by Crippen LogP contribution is 2.15. The van der Waals surface area contributed by atoms with Crippen LogP contribution in [0.5, 0.6) is 0 Å². The molecule has 20 heavy (non-hydrogen) atoms. The topological polar surface area (TPSA) is 52.3 Å². The van der Waals surface area contributed by atoms with Crippen molar-refractivity contribution in [3.05, 3.63) is 64.7 Å². The number of anilines is 1. The summed E-state index contributed by atoms with van der Waals surface area (Å²) in [6, 6.07) is 7.89. The molecule has 2 N–H and O–H groups in total. The molecule has 0 aliphatic heterocycles. The zero-order chi connectivity index (χ0) is 14.7. The van der Waals surface area contributed by atoms with E-state index < -0.39 is 11.8 Å². The molecule has 0 aliphatic carbocycles. The summed E-state index contributed by atoms with van der Waals surface area (Å²) in [4.78, 5) is 11.8. The summed E-state index contributed by atoms with van der Waals surface area (Å²) in [6.07, 6.45) is 0. The molecule has 0 unspecified atom stereocenters. The number of halogens is 2. The second-order valence-corrected chi connectivity index (χ2v) is 4.39. The molecule has 0 fully saturated rings. The molecule has 0 aliphatic rings. The van der Waals surface area contributed by atoms with Crippen molar-refractivity contribution in [2.45, 2.75) is 13.5 Å². The summed E-state index contributed by atoms with van der Waals surface area (Å²) in [5.74, 6) is -1.88. The second kappa shape index (κ2) is 5.69. The van der Waals surface area contributed by atoms with Crippen molar-refractivity contribution < 1.29 is 18.3 Å². The van der Waals surface area contributed by atoms with Gasteiger partial charge in [0.05, 0.1) is 5.56 Å². The number of aryl methyl sites for hydroxylation is 1. The van der Waals surface area contributed by atoms with Crippen LogP contribution in [0.1, 0.15) is 21.5 Å². The molecule has 0 heterocycles. The van der Waals surface area contributed by atoms with Gasteiger partial charge in [0.25, 0.3) is 0 Å². The lowest BCUT2D eigenvalue weighted by atomic mass is 10.1. The maximum atomic E-state index is 13.5. The SMILES string of the molecule is Cc1cc(F)ccc1COC(=O)c1ccc(N)cc1F. The lowest BCUT2D eigenvalue weighted by molar-refractivity contribution is 0.0467.